The summed E-state index contributed by atoms with van der Waals surface area (Å²) in [4.78, 5) is 2.26. The van der Waals surface area contributed by atoms with Crippen molar-refractivity contribution in [1.82, 2.24) is 4.90 Å². The molecule has 0 unspecified atom stereocenters. The second kappa shape index (κ2) is 4.49. The fraction of sp³-hybridized carbons (Fsp3) is 0.385. The van der Waals surface area contributed by atoms with Gasteiger partial charge in [0.25, 0.3) is 0 Å². The summed E-state index contributed by atoms with van der Waals surface area (Å²) in [7, 11) is 2.12. The number of allylic oxidation sites excluding steroid dienone is 1. The maximum absolute atomic E-state index is 5.60. The second-order valence-corrected chi connectivity index (χ2v) is 3.90. The van der Waals surface area contributed by atoms with Crippen LogP contribution in [-0.2, 0) is 4.74 Å². The molecule has 2 heteroatoms. The molecule has 1 aromatic carbocycles. The minimum Gasteiger partial charge on any atom is -0.375 e. The van der Waals surface area contributed by atoms with E-state index in [-0.39, 0.29) is 0 Å². The van der Waals surface area contributed by atoms with Crippen LogP contribution < -0.4 is 0 Å². The molecule has 0 atom stereocenters. The molecule has 0 N–H and O–H groups in total. The number of benzene rings is 1. The number of hydrogen-bond acceptors (Lipinski definition) is 2. The zero-order valence-electron chi connectivity index (χ0n) is 9.36. The molecule has 0 aromatic heterocycles. The lowest BCUT2D eigenvalue weighted by molar-refractivity contribution is 0.158. The molecule has 0 amide bonds. The molecular weight excluding hydrogens is 186 g/mol. The molecule has 1 aliphatic heterocycles. The van der Waals surface area contributed by atoms with Crippen molar-refractivity contribution in [3.8, 4) is 0 Å². The van der Waals surface area contributed by atoms with Gasteiger partial charge in [0, 0.05) is 24.9 Å². The topological polar surface area (TPSA) is 12.5 Å². The maximum atomic E-state index is 5.60. The molecule has 1 heterocycles. The molecule has 0 fully saturated rings. The second-order valence-electron chi connectivity index (χ2n) is 3.90. The van der Waals surface area contributed by atoms with Crippen LogP contribution in [0.15, 0.2) is 36.0 Å². The maximum Gasteiger partial charge on any atom is 0.0740 e. The monoisotopic (exact) mass is 203 g/mol. The van der Waals surface area contributed by atoms with Gasteiger partial charge in [0.05, 0.1) is 13.2 Å². The van der Waals surface area contributed by atoms with Gasteiger partial charge in [0.15, 0.2) is 0 Å². The predicted molar refractivity (Wildman–Crippen MR) is 62.5 cm³/mol. The lowest BCUT2D eigenvalue weighted by Crippen LogP contribution is -2.19. The van der Waals surface area contributed by atoms with Crippen molar-refractivity contribution >= 4 is 5.57 Å². The first kappa shape index (κ1) is 10.2. The third-order valence-corrected chi connectivity index (χ3v) is 2.95. The van der Waals surface area contributed by atoms with Crippen molar-refractivity contribution in [2.75, 3.05) is 26.8 Å². The summed E-state index contributed by atoms with van der Waals surface area (Å²) >= 11 is 0. The van der Waals surface area contributed by atoms with Crippen LogP contribution in [0.2, 0.25) is 0 Å². The van der Waals surface area contributed by atoms with E-state index < -0.39 is 0 Å². The van der Waals surface area contributed by atoms with Gasteiger partial charge in [-0.3, -0.25) is 0 Å². The van der Waals surface area contributed by atoms with E-state index in [2.05, 4.69) is 43.1 Å². The first-order valence-electron chi connectivity index (χ1n) is 5.33. The van der Waals surface area contributed by atoms with E-state index in [0.717, 1.165) is 19.8 Å². The van der Waals surface area contributed by atoms with Gasteiger partial charge in [0.1, 0.15) is 0 Å². The Kier molecular flexibility index (Phi) is 3.07. The van der Waals surface area contributed by atoms with Crippen LogP contribution in [0, 0.1) is 0 Å². The van der Waals surface area contributed by atoms with Crippen molar-refractivity contribution in [2.24, 2.45) is 0 Å². The van der Waals surface area contributed by atoms with Crippen molar-refractivity contribution in [1.29, 1.82) is 0 Å². The number of likely N-dealkylation sites (N-methyl/N-ethyl adjacent to an activating group) is 1. The SMILES string of the molecule is CC1=C(c2ccccc2)COCCN1C. The number of ether oxygens (including phenoxy) is 1. The molecule has 0 saturated heterocycles. The van der Waals surface area contributed by atoms with E-state index in [1.54, 1.807) is 0 Å². The molecule has 0 saturated carbocycles. The zero-order valence-corrected chi connectivity index (χ0v) is 9.36. The normalized spacial score (nSPS) is 17.9. The minimum atomic E-state index is 0.722. The van der Waals surface area contributed by atoms with Crippen molar-refractivity contribution < 1.29 is 4.74 Å². The Morgan fingerprint density at radius 2 is 1.93 bits per heavy atom. The van der Waals surface area contributed by atoms with E-state index in [1.807, 2.05) is 6.07 Å². The molecule has 1 aliphatic rings. The summed E-state index contributed by atoms with van der Waals surface area (Å²) in [6, 6.07) is 10.5. The van der Waals surface area contributed by atoms with Gasteiger partial charge in [-0.05, 0) is 12.5 Å². The van der Waals surface area contributed by atoms with Crippen LogP contribution >= 0.6 is 0 Å². The highest BCUT2D eigenvalue weighted by molar-refractivity contribution is 5.68. The molecule has 1 aromatic rings. The van der Waals surface area contributed by atoms with Crippen molar-refractivity contribution in [3.63, 3.8) is 0 Å². The zero-order chi connectivity index (χ0) is 10.7. The first-order chi connectivity index (χ1) is 7.29. The average molecular weight is 203 g/mol. The summed E-state index contributed by atoms with van der Waals surface area (Å²) in [5.74, 6) is 0. The Hall–Kier alpha value is -1.28. The van der Waals surface area contributed by atoms with Gasteiger partial charge >= 0.3 is 0 Å². The van der Waals surface area contributed by atoms with Crippen LogP contribution in [0.3, 0.4) is 0 Å². The summed E-state index contributed by atoms with van der Waals surface area (Å²) in [5.41, 5.74) is 3.89. The fourth-order valence-corrected chi connectivity index (χ4v) is 1.81. The van der Waals surface area contributed by atoms with Crippen LogP contribution in [0.5, 0.6) is 0 Å². The molecule has 80 valence electrons. The van der Waals surface area contributed by atoms with Crippen LogP contribution in [0.4, 0.5) is 0 Å². The Morgan fingerprint density at radius 1 is 1.20 bits per heavy atom. The summed E-state index contributed by atoms with van der Waals surface area (Å²) in [5, 5.41) is 0. The minimum absolute atomic E-state index is 0.722. The lowest BCUT2D eigenvalue weighted by atomic mass is 10.0. The average Bonchev–Trinajstić information content (AvgIpc) is 2.44. The van der Waals surface area contributed by atoms with E-state index in [0.29, 0.717) is 0 Å². The van der Waals surface area contributed by atoms with Crippen molar-refractivity contribution in [3.05, 3.63) is 41.6 Å². The molecule has 0 spiro atoms. The van der Waals surface area contributed by atoms with Gasteiger partial charge in [0.2, 0.25) is 0 Å². The summed E-state index contributed by atoms with van der Waals surface area (Å²) in [6.07, 6.45) is 0. The van der Waals surface area contributed by atoms with Gasteiger partial charge in [-0.2, -0.15) is 0 Å². The van der Waals surface area contributed by atoms with E-state index in [9.17, 15) is 0 Å². The van der Waals surface area contributed by atoms with E-state index >= 15 is 0 Å². The van der Waals surface area contributed by atoms with Gasteiger partial charge in [-0.25, -0.2) is 0 Å². The first-order valence-corrected chi connectivity index (χ1v) is 5.33. The molecule has 2 rings (SSSR count). The highest BCUT2D eigenvalue weighted by Crippen LogP contribution is 2.22. The highest BCUT2D eigenvalue weighted by atomic mass is 16.5. The fourth-order valence-electron chi connectivity index (χ4n) is 1.81. The molecular formula is C13H17NO. The molecule has 0 bridgehead atoms. The highest BCUT2D eigenvalue weighted by Gasteiger charge is 2.13. The largest absolute Gasteiger partial charge is 0.375 e. The summed E-state index contributed by atoms with van der Waals surface area (Å²) < 4.78 is 5.60. The molecule has 0 radical (unpaired) electrons. The molecule has 0 aliphatic carbocycles. The van der Waals surface area contributed by atoms with Gasteiger partial charge in [-0.15, -0.1) is 0 Å². The smallest absolute Gasteiger partial charge is 0.0740 e. The Labute approximate surface area is 91.2 Å². The van der Waals surface area contributed by atoms with Crippen LogP contribution in [0.25, 0.3) is 5.57 Å². The van der Waals surface area contributed by atoms with Gasteiger partial charge < -0.3 is 9.64 Å². The Morgan fingerprint density at radius 3 is 2.67 bits per heavy atom. The van der Waals surface area contributed by atoms with Gasteiger partial charge in [-0.1, -0.05) is 30.3 Å². The quantitative estimate of drug-likeness (QED) is 0.695. The van der Waals surface area contributed by atoms with E-state index in [1.165, 1.54) is 16.8 Å². The Balaban J connectivity index is 2.37. The Bertz CT molecular complexity index is 356. The number of rotatable bonds is 1. The standard InChI is InChI=1S/C13H17NO/c1-11-13(10-15-9-8-14(11)2)12-6-4-3-5-7-12/h3-7H,8-10H2,1-2H3. The third kappa shape index (κ3) is 2.21. The summed E-state index contributed by atoms with van der Waals surface area (Å²) in [6.45, 7) is 4.67. The van der Waals surface area contributed by atoms with Crippen LogP contribution in [-0.4, -0.2) is 31.7 Å². The van der Waals surface area contributed by atoms with Crippen LogP contribution in [0.1, 0.15) is 12.5 Å². The van der Waals surface area contributed by atoms with E-state index in [4.69, 9.17) is 4.74 Å². The third-order valence-electron chi connectivity index (χ3n) is 2.95. The molecule has 2 nitrogen and oxygen atoms in total. The number of hydrogen-bond donors (Lipinski definition) is 0. The lowest BCUT2D eigenvalue weighted by Gasteiger charge is -2.19. The molecule has 15 heavy (non-hydrogen) atoms. The van der Waals surface area contributed by atoms with Crippen molar-refractivity contribution in [2.45, 2.75) is 6.92 Å². The predicted octanol–water partition coefficient (Wildman–Crippen LogP) is 2.38. The number of nitrogens with zero attached hydrogens (tertiary/aromatic N) is 1.